The standard InChI is InChI=1S/C19H33NO/c1-18-9-7-13(21)11-12(18)3-4-14-15-5-6-17(20)19(15,2)10-8-16(14)18/h12-17,21H,3-11,20H2,1-2H3/t12-,13-,14-,15+,16+,17+,18-,19-/m0/s1. The summed E-state index contributed by atoms with van der Waals surface area (Å²) in [4.78, 5) is 0. The maximum absolute atomic E-state index is 10.1. The van der Waals surface area contributed by atoms with E-state index in [0.29, 0.717) is 16.9 Å². The number of rotatable bonds is 0. The van der Waals surface area contributed by atoms with Gasteiger partial charge in [-0.2, -0.15) is 0 Å². The summed E-state index contributed by atoms with van der Waals surface area (Å²) in [6.07, 6.45) is 11.5. The van der Waals surface area contributed by atoms with Crippen molar-refractivity contribution in [1.29, 1.82) is 0 Å². The molecule has 0 spiro atoms. The van der Waals surface area contributed by atoms with Crippen LogP contribution in [-0.2, 0) is 0 Å². The molecule has 0 aromatic carbocycles. The molecule has 0 aromatic heterocycles. The second-order valence-electron chi connectivity index (χ2n) is 9.31. The SMILES string of the molecule is C[C@]12CC[C@H](O)C[C@@H]1CC[C@@H]1[C@H]2CC[C@]2(C)[C@H](N)CC[C@H]12. The summed E-state index contributed by atoms with van der Waals surface area (Å²) in [5.41, 5.74) is 7.43. The Morgan fingerprint density at radius 2 is 1.57 bits per heavy atom. The topological polar surface area (TPSA) is 46.2 Å². The largest absolute Gasteiger partial charge is 0.393 e. The Morgan fingerprint density at radius 1 is 0.857 bits per heavy atom. The van der Waals surface area contributed by atoms with Crippen molar-refractivity contribution in [2.75, 3.05) is 0 Å². The van der Waals surface area contributed by atoms with Gasteiger partial charge < -0.3 is 10.8 Å². The zero-order chi connectivity index (χ0) is 14.8. The molecule has 0 amide bonds. The first-order valence-corrected chi connectivity index (χ1v) is 9.39. The molecule has 2 heteroatoms. The molecule has 21 heavy (non-hydrogen) atoms. The summed E-state index contributed by atoms with van der Waals surface area (Å²) in [5, 5.41) is 10.1. The molecule has 4 aliphatic carbocycles. The zero-order valence-corrected chi connectivity index (χ0v) is 13.9. The van der Waals surface area contributed by atoms with E-state index in [0.717, 1.165) is 36.5 Å². The zero-order valence-electron chi connectivity index (χ0n) is 13.9. The molecule has 120 valence electrons. The molecular formula is C19H33NO. The van der Waals surface area contributed by atoms with Gasteiger partial charge in [-0.3, -0.25) is 0 Å². The summed E-state index contributed by atoms with van der Waals surface area (Å²) in [6, 6.07) is 0.446. The second kappa shape index (κ2) is 4.71. The van der Waals surface area contributed by atoms with Crippen LogP contribution in [0.3, 0.4) is 0 Å². The van der Waals surface area contributed by atoms with Crippen molar-refractivity contribution < 1.29 is 5.11 Å². The summed E-state index contributed by atoms with van der Waals surface area (Å²) in [5.74, 6) is 3.50. The lowest BCUT2D eigenvalue weighted by atomic mass is 9.45. The fourth-order valence-electron chi connectivity index (χ4n) is 7.28. The minimum atomic E-state index is -0.0200. The molecule has 4 aliphatic rings. The van der Waals surface area contributed by atoms with Crippen molar-refractivity contribution in [3.05, 3.63) is 0 Å². The Kier molecular flexibility index (Phi) is 3.25. The van der Waals surface area contributed by atoms with E-state index in [9.17, 15) is 5.11 Å². The van der Waals surface area contributed by atoms with Gasteiger partial charge in [-0.25, -0.2) is 0 Å². The fraction of sp³-hybridized carbons (Fsp3) is 1.00. The third kappa shape index (κ3) is 1.91. The van der Waals surface area contributed by atoms with E-state index >= 15 is 0 Å². The van der Waals surface area contributed by atoms with Gasteiger partial charge in [0.25, 0.3) is 0 Å². The lowest BCUT2D eigenvalue weighted by molar-refractivity contribution is -0.122. The molecule has 0 bridgehead atoms. The van der Waals surface area contributed by atoms with Gasteiger partial charge in [0.05, 0.1) is 6.10 Å². The highest BCUT2D eigenvalue weighted by molar-refractivity contribution is 5.10. The van der Waals surface area contributed by atoms with E-state index < -0.39 is 0 Å². The highest BCUT2D eigenvalue weighted by atomic mass is 16.3. The highest BCUT2D eigenvalue weighted by Crippen LogP contribution is 2.65. The lowest BCUT2D eigenvalue weighted by Crippen LogP contribution is -2.55. The van der Waals surface area contributed by atoms with Gasteiger partial charge in [0.1, 0.15) is 0 Å². The van der Waals surface area contributed by atoms with Crippen LogP contribution >= 0.6 is 0 Å². The number of aliphatic hydroxyl groups excluding tert-OH is 1. The summed E-state index contributed by atoms with van der Waals surface area (Å²) >= 11 is 0. The highest BCUT2D eigenvalue weighted by Gasteiger charge is 2.59. The third-order valence-electron chi connectivity index (χ3n) is 8.71. The number of hydrogen-bond donors (Lipinski definition) is 2. The molecule has 0 saturated heterocycles. The average molecular weight is 291 g/mol. The minimum Gasteiger partial charge on any atom is -0.393 e. The van der Waals surface area contributed by atoms with Gasteiger partial charge in [0.15, 0.2) is 0 Å². The Bertz CT molecular complexity index is 424. The Balaban J connectivity index is 1.62. The van der Waals surface area contributed by atoms with E-state index in [2.05, 4.69) is 13.8 Å². The first-order valence-electron chi connectivity index (χ1n) is 9.39. The molecule has 0 unspecified atom stereocenters. The van der Waals surface area contributed by atoms with Crippen LogP contribution in [0.4, 0.5) is 0 Å². The summed E-state index contributed by atoms with van der Waals surface area (Å²) in [6.45, 7) is 5.06. The second-order valence-corrected chi connectivity index (χ2v) is 9.31. The maximum Gasteiger partial charge on any atom is 0.0543 e. The Morgan fingerprint density at radius 3 is 2.38 bits per heavy atom. The normalized spacial score (nSPS) is 60.0. The Labute approximate surface area is 129 Å². The molecular weight excluding hydrogens is 258 g/mol. The van der Waals surface area contributed by atoms with Crippen molar-refractivity contribution in [2.24, 2.45) is 40.2 Å². The number of nitrogens with two attached hydrogens (primary N) is 1. The quantitative estimate of drug-likeness (QED) is 0.714. The van der Waals surface area contributed by atoms with Crippen LogP contribution in [-0.4, -0.2) is 17.3 Å². The summed E-state index contributed by atoms with van der Waals surface area (Å²) < 4.78 is 0. The molecule has 2 nitrogen and oxygen atoms in total. The lowest BCUT2D eigenvalue weighted by Gasteiger charge is -2.60. The van der Waals surface area contributed by atoms with E-state index in [1.54, 1.807) is 0 Å². The molecule has 0 aromatic rings. The van der Waals surface area contributed by atoms with Crippen molar-refractivity contribution in [3.63, 3.8) is 0 Å². The van der Waals surface area contributed by atoms with Crippen LogP contribution in [0.2, 0.25) is 0 Å². The van der Waals surface area contributed by atoms with E-state index in [1.807, 2.05) is 0 Å². The smallest absolute Gasteiger partial charge is 0.0543 e. The molecule has 4 saturated carbocycles. The number of aliphatic hydroxyl groups is 1. The molecule has 4 rings (SSSR count). The van der Waals surface area contributed by atoms with Crippen molar-refractivity contribution >= 4 is 0 Å². The first-order chi connectivity index (χ1) is 9.95. The predicted octanol–water partition coefficient (Wildman–Crippen LogP) is 3.72. The van der Waals surface area contributed by atoms with Crippen LogP contribution in [0.15, 0.2) is 0 Å². The molecule has 0 aliphatic heterocycles. The summed E-state index contributed by atoms with van der Waals surface area (Å²) in [7, 11) is 0. The van der Waals surface area contributed by atoms with E-state index in [4.69, 9.17) is 5.73 Å². The molecule has 4 fully saturated rings. The Hall–Kier alpha value is -0.0800. The molecule has 0 radical (unpaired) electrons. The number of fused-ring (bicyclic) bond motifs is 5. The van der Waals surface area contributed by atoms with Crippen molar-refractivity contribution in [3.8, 4) is 0 Å². The minimum absolute atomic E-state index is 0.0200. The van der Waals surface area contributed by atoms with Gasteiger partial charge in [-0.05, 0) is 92.3 Å². The predicted molar refractivity (Wildman–Crippen MR) is 85.7 cm³/mol. The monoisotopic (exact) mass is 291 g/mol. The van der Waals surface area contributed by atoms with Gasteiger partial charge in [-0.15, -0.1) is 0 Å². The molecule has 8 atom stereocenters. The fourth-order valence-corrected chi connectivity index (χ4v) is 7.28. The maximum atomic E-state index is 10.1. The number of hydrogen-bond acceptors (Lipinski definition) is 2. The van der Waals surface area contributed by atoms with Crippen molar-refractivity contribution in [1.82, 2.24) is 0 Å². The van der Waals surface area contributed by atoms with Crippen LogP contribution in [0, 0.1) is 34.5 Å². The van der Waals surface area contributed by atoms with Crippen LogP contribution < -0.4 is 5.73 Å². The average Bonchev–Trinajstić information content (AvgIpc) is 2.76. The van der Waals surface area contributed by atoms with E-state index in [-0.39, 0.29) is 6.10 Å². The molecule has 0 heterocycles. The van der Waals surface area contributed by atoms with Gasteiger partial charge in [0, 0.05) is 6.04 Å². The van der Waals surface area contributed by atoms with Gasteiger partial charge in [0.2, 0.25) is 0 Å². The van der Waals surface area contributed by atoms with Gasteiger partial charge >= 0.3 is 0 Å². The van der Waals surface area contributed by atoms with Gasteiger partial charge in [-0.1, -0.05) is 13.8 Å². The van der Waals surface area contributed by atoms with Crippen LogP contribution in [0.25, 0.3) is 0 Å². The third-order valence-corrected chi connectivity index (χ3v) is 8.71. The van der Waals surface area contributed by atoms with Crippen LogP contribution in [0.5, 0.6) is 0 Å². The molecule has 3 N–H and O–H groups in total. The van der Waals surface area contributed by atoms with Crippen LogP contribution in [0.1, 0.15) is 71.6 Å². The first kappa shape index (κ1) is 14.5. The van der Waals surface area contributed by atoms with Crippen molar-refractivity contribution in [2.45, 2.75) is 83.8 Å². The van der Waals surface area contributed by atoms with E-state index in [1.165, 1.54) is 44.9 Å².